The van der Waals surface area contributed by atoms with E-state index in [2.05, 4.69) is 11.1 Å². The predicted octanol–water partition coefficient (Wildman–Crippen LogP) is 4.87. The molecule has 1 aliphatic heterocycles. The Bertz CT molecular complexity index is 1110. The molecule has 0 radical (unpaired) electrons. The van der Waals surface area contributed by atoms with E-state index in [1.165, 1.54) is 11.3 Å². The third-order valence-corrected chi connectivity index (χ3v) is 8.51. The number of aliphatic hydroxyl groups is 3. The van der Waals surface area contributed by atoms with Gasteiger partial charge in [0.15, 0.2) is 0 Å². The second kappa shape index (κ2) is 11.9. The number of aromatic nitrogens is 1. The summed E-state index contributed by atoms with van der Waals surface area (Å²) in [6.07, 6.45) is 2.06. The van der Waals surface area contributed by atoms with Crippen molar-refractivity contribution in [3.05, 3.63) is 40.4 Å². The van der Waals surface area contributed by atoms with Gasteiger partial charge < -0.3 is 20.1 Å². The van der Waals surface area contributed by atoms with Crippen LogP contribution in [0.2, 0.25) is 0 Å². The summed E-state index contributed by atoms with van der Waals surface area (Å²) >= 11 is 1.42. The summed E-state index contributed by atoms with van der Waals surface area (Å²) in [6.45, 7) is 8.78. The zero-order chi connectivity index (χ0) is 26.6. The standard InChI is InChI=1S/C28H39NO6S/c1-16-7-6-8-17(2)26(33)18(3)27(34)28(4,5)23(31)14-25(32)35-21(11-9-16)19-10-12-22-20(13-19)29-24(15-30)36-22/h9-10,12-13,17-18,21,23,26,30-31,33H,6-8,11,14-15H2,1-5H3/b16-9-/t17-,18+,21-,23-,26-/m0/s1. The van der Waals surface area contributed by atoms with Gasteiger partial charge in [-0.25, -0.2) is 4.98 Å². The van der Waals surface area contributed by atoms with Crippen LogP contribution in [0.15, 0.2) is 29.8 Å². The van der Waals surface area contributed by atoms with Crippen LogP contribution in [-0.4, -0.2) is 44.3 Å². The molecule has 7 nitrogen and oxygen atoms in total. The normalized spacial score (nSPS) is 30.6. The van der Waals surface area contributed by atoms with Gasteiger partial charge in [0.2, 0.25) is 0 Å². The van der Waals surface area contributed by atoms with Crippen LogP contribution in [-0.2, 0) is 20.9 Å². The topological polar surface area (TPSA) is 117 Å². The number of hydrogen-bond acceptors (Lipinski definition) is 8. The molecule has 1 aromatic carbocycles. The van der Waals surface area contributed by atoms with Crippen LogP contribution in [0.25, 0.3) is 10.2 Å². The smallest absolute Gasteiger partial charge is 0.309 e. The van der Waals surface area contributed by atoms with Gasteiger partial charge >= 0.3 is 5.97 Å². The van der Waals surface area contributed by atoms with Crippen molar-refractivity contribution in [3.63, 3.8) is 0 Å². The molecule has 0 saturated heterocycles. The minimum atomic E-state index is -1.25. The number of aliphatic hydroxyl groups excluding tert-OH is 3. The summed E-state index contributed by atoms with van der Waals surface area (Å²) < 4.78 is 6.79. The Balaban J connectivity index is 1.91. The molecule has 0 spiro atoms. The first-order valence-corrected chi connectivity index (χ1v) is 13.5. The summed E-state index contributed by atoms with van der Waals surface area (Å²) in [5.74, 6) is -1.59. The Hall–Kier alpha value is -2.13. The van der Waals surface area contributed by atoms with E-state index >= 15 is 0 Å². The minimum Gasteiger partial charge on any atom is -0.457 e. The highest BCUT2D eigenvalue weighted by molar-refractivity contribution is 7.18. The molecule has 8 heteroatoms. The molecule has 5 atom stereocenters. The molecule has 3 rings (SSSR count). The van der Waals surface area contributed by atoms with Crippen LogP contribution < -0.4 is 0 Å². The van der Waals surface area contributed by atoms with Crippen molar-refractivity contribution in [2.75, 3.05) is 0 Å². The molecule has 3 N–H and O–H groups in total. The van der Waals surface area contributed by atoms with Gasteiger partial charge in [0.05, 0.1) is 40.9 Å². The fourth-order valence-electron chi connectivity index (χ4n) is 4.81. The molecule has 198 valence electrons. The molecule has 0 aliphatic carbocycles. The number of thiazole rings is 1. The number of carbonyl (C=O) groups is 2. The van der Waals surface area contributed by atoms with Gasteiger partial charge in [0, 0.05) is 12.3 Å². The monoisotopic (exact) mass is 517 g/mol. The Morgan fingerprint density at radius 1 is 1.19 bits per heavy atom. The quantitative estimate of drug-likeness (QED) is 0.384. The number of carbonyl (C=O) groups excluding carboxylic acids is 2. The lowest BCUT2D eigenvalue weighted by Crippen LogP contribution is -2.45. The van der Waals surface area contributed by atoms with Crippen molar-refractivity contribution in [1.82, 2.24) is 4.98 Å². The van der Waals surface area contributed by atoms with Gasteiger partial charge in [-0.2, -0.15) is 0 Å². The SMILES string of the molecule is C/C1=C/C[C@@H](c2ccc3sc(CO)nc3c2)OC(=O)C[C@H](O)C(C)(C)C(=O)[C@H](C)[C@@H](O)[C@@H](C)CCC1. The third-order valence-electron chi connectivity index (χ3n) is 7.48. The number of hydrogen-bond donors (Lipinski definition) is 3. The maximum Gasteiger partial charge on any atom is 0.309 e. The molecule has 2 aromatic rings. The molecule has 0 amide bonds. The molecule has 1 aromatic heterocycles. The van der Waals surface area contributed by atoms with E-state index in [1.54, 1.807) is 20.8 Å². The number of cyclic esters (lactones) is 1. The third kappa shape index (κ3) is 6.59. The van der Waals surface area contributed by atoms with Gasteiger partial charge in [-0.1, -0.05) is 45.4 Å². The Morgan fingerprint density at radius 3 is 2.61 bits per heavy atom. The number of rotatable bonds is 2. The molecule has 1 aliphatic rings. The molecular formula is C28H39NO6S. The molecule has 0 fully saturated rings. The van der Waals surface area contributed by atoms with Crippen molar-refractivity contribution < 1.29 is 29.6 Å². The van der Waals surface area contributed by atoms with E-state index in [9.17, 15) is 24.9 Å². The van der Waals surface area contributed by atoms with Crippen LogP contribution in [0.5, 0.6) is 0 Å². The first-order valence-electron chi connectivity index (χ1n) is 12.7. The fourth-order valence-corrected chi connectivity index (χ4v) is 5.62. The lowest BCUT2D eigenvalue weighted by molar-refractivity contribution is -0.155. The second-order valence-electron chi connectivity index (χ2n) is 10.7. The highest BCUT2D eigenvalue weighted by atomic mass is 32.1. The van der Waals surface area contributed by atoms with E-state index in [4.69, 9.17) is 4.74 Å². The summed E-state index contributed by atoms with van der Waals surface area (Å²) in [5, 5.41) is 31.7. The number of esters is 1. The van der Waals surface area contributed by atoms with E-state index in [1.807, 2.05) is 32.0 Å². The summed E-state index contributed by atoms with van der Waals surface area (Å²) in [7, 11) is 0. The van der Waals surface area contributed by atoms with Crippen LogP contribution in [0.4, 0.5) is 0 Å². The van der Waals surface area contributed by atoms with Crippen molar-refractivity contribution in [3.8, 4) is 0 Å². The molecule has 36 heavy (non-hydrogen) atoms. The van der Waals surface area contributed by atoms with Crippen LogP contribution in [0.3, 0.4) is 0 Å². The minimum absolute atomic E-state index is 0.0658. The van der Waals surface area contributed by atoms with Gasteiger partial charge in [0.1, 0.15) is 16.9 Å². The number of Topliss-reactive ketones (excluding diaryl/α,β-unsaturated/α-hetero) is 1. The van der Waals surface area contributed by atoms with Crippen molar-refractivity contribution in [2.45, 2.75) is 91.6 Å². The maximum absolute atomic E-state index is 13.2. The summed E-state index contributed by atoms with van der Waals surface area (Å²) in [5.41, 5.74) is 1.46. The number of fused-ring (bicyclic) bond motifs is 1. The van der Waals surface area contributed by atoms with Crippen LogP contribution in [0, 0.1) is 17.3 Å². The summed E-state index contributed by atoms with van der Waals surface area (Å²) in [6, 6.07) is 5.68. The zero-order valence-corrected chi connectivity index (χ0v) is 22.7. The molecule has 0 saturated carbocycles. The zero-order valence-electron chi connectivity index (χ0n) is 21.9. The van der Waals surface area contributed by atoms with Crippen LogP contribution >= 0.6 is 11.3 Å². The van der Waals surface area contributed by atoms with Gasteiger partial charge in [-0.3, -0.25) is 9.59 Å². The number of allylic oxidation sites excluding steroid dienone is 1. The Morgan fingerprint density at radius 2 is 1.92 bits per heavy atom. The van der Waals surface area contributed by atoms with E-state index in [0.29, 0.717) is 11.4 Å². The average Bonchev–Trinajstić information content (AvgIpc) is 3.26. The van der Waals surface area contributed by atoms with Gasteiger partial charge in [0.25, 0.3) is 0 Å². The van der Waals surface area contributed by atoms with Crippen molar-refractivity contribution in [2.24, 2.45) is 17.3 Å². The first-order chi connectivity index (χ1) is 16.9. The van der Waals surface area contributed by atoms with E-state index < -0.39 is 35.6 Å². The number of ether oxygens (including phenoxy) is 1. The van der Waals surface area contributed by atoms with E-state index in [-0.39, 0.29) is 24.7 Å². The molecule has 0 unspecified atom stereocenters. The number of benzene rings is 1. The maximum atomic E-state index is 13.2. The Labute approximate surface area is 217 Å². The van der Waals surface area contributed by atoms with Crippen molar-refractivity contribution in [1.29, 1.82) is 0 Å². The van der Waals surface area contributed by atoms with Gasteiger partial charge in [-0.05, 0) is 49.8 Å². The van der Waals surface area contributed by atoms with Gasteiger partial charge in [-0.15, -0.1) is 11.3 Å². The molecule has 2 heterocycles. The van der Waals surface area contributed by atoms with Crippen molar-refractivity contribution >= 4 is 33.3 Å². The fraction of sp³-hybridized carbons (Fsp3) is 0.607. The number of nitrogens with zero attached hydrogens (tertiary/aromatic N) is 1. The van der Waals surface area contributed by atoms with Crippen LogP contribution in [0.1, 0.15) is 83.4 Å². The second-order valence-corrected chi connectivity index (χ2v) is 11.8. The lowest BCUT2D eigenvalue weighted by Gasteiger charge is -2.34. The highest BCUT2D eigenvalue weighted by Crippen LogP contribution is 2.34. The predicted molar refractivity (Wildman–Crippen MR) is 140 cm³/mol. The Kier molecular flexibility index (Phi) is 9.44. The largest absolute Gasteiger partial charge is 0.457 e. The summed E-state index contributed by atoms with van der Waals surface area (Å²) in [4.78, 5) is 30.6. The lowest BCUT2D eigenvalue weighted by atomic mass is 9.73. The molecule has 0 bridgehead atoms. The molecular weight excluding hydrogens is 478 g/mol. The highest BCUT2D eigenvalue weighted by Gasteiger charge is 2.42. The van der Waals surface area contributed by atoms with E-state index in [0.717, 1.165) is 40.6 Å². The average molecular weight is 518 g/mol. The number of ketones is 1. The first kappa shape index (κ1) is 28.4.